The summed E-state index contributed by atoms with van der Waals surface area (Å²) in [6, 6.07) is 6.14. The molecular formula is C19H25ClN4O2. The van der Waals surface area contributed by atoms with Gasteiger partial charge in [0.15, 0.2) is 5.58 Å². The highest BCUT2D eigenvalue weighted by atomic mass is 35.5. The van der Waals surface area contributed by atoms with Crippen LogP contribution in [0.25, 0.3) is 11.1 Å². The molecule has 1 aromatic carbocycles. The molecule has 7 heteroatoms. The number of amides is 1. The standard InChI is InChI=1S/C19H25ClN4O2/c20-15-4-5-16-17(12-15)26-19(22-16)24-8-1-3-14(13-24)11-18(25)23-9-2-6-21-7-10-23/h4-5,12,14,21H,1-3,6-11,13H2. The van der Waals surface area contributed by atoms with Crippen LogP contribution in [0.5, 0.6) is 0 Å². The minimum absolute atomic E-state index is 0.282. The Balaban J connectivity index is 1.40. The molecule has 2 fully saturated rings. The SMILES string of the molecule is O=C(CC1CCCN(c2nc3ccc(Cl)cc3o2)C1)N1CCCNCC1. The number of piperidine rings is 1. The average molecular weight is 377 g/mol. The van der Waals surface area contributed by atoms with Crippen LogP contribution >= 0.6 is 11.6 Å². The Bertz CT molecular complexity index is 770. The zero-order chi connectivity index (χ0) is 17.9. The van der Waals surface area contributed by atoms with E-state index in [1.54, 1.807) is 6.07 Å². The van der Waals surface area contributed by atoms with Gasteiger partial charge in [0, 0.05) is 50.2 Å². The molecule has 1 unspecified atom stereocenters. The molecule has 1 N–H and O–H groups in total. The molecule has 1 atom stereocenters. The Hall–Kier alpha value is -1.79. The van der Waals surface area contributed by atoms with Crippen molar-refractivity contribution in [2.75, 3.05) is 44.2 Å². The van der Waals surface area contributed by atoms with Gasteiger partial charge in [-0.05, 0) is 43.9 Å². The molecule has 1 aromatic heterocycles. The van der Waals surface area contributed by atoms with Gasteiger partial charge in [-0.25, -0.2) is 0 Å². The molecule has 6 nitrogen and oxygen atoms in total. The van der Waals surface area contributed by atoms with E-state index in [1.165, 1.54) is 0 Å². The zero-order valence-electron chi connectivity index (χ0n) is 14.9. The van der Waals surface area contributed by atoms with Gasteiger partial charge in [0.05, 0.1) is 0 Å². The monoisotopic (exact) mass is 376 g/mol. The third-order valence-electron chi connectivity index (χ3n) is 5.28. The first-order valence-corrected chi connectivity index (χ1v) is 9.86. The number of nitrogens with one attached hydrogen (secondary N) is 1. The number of oxazole rings is 1. The minimum atomic E-state index is 0.282. The molecule has 0 saturated carbocycles. The smallest absolute Gasteiger partial charge is 0.298 e. The Labute approximate surface area is 158 Å². The summed E-state index contributed by atoms with van der Waals surface area (Å²) in [6.07, 6.45) is 3.79. The zero-order valence-corrected chi connectivity index (χ0v) is 15.7. The largest absolute Gasteiger partial charge is 0.423 e. The highest BCUT2D eigenvalue weighted by Crippen LogP contribution is 2.29. The van der Waals surface area contributed by atoms with Crippen molar-refractivity contribution in [2.24, 2.45) is 5.92 Å². The number of hydrogen-bond donors (Lipinski definition) is 1. The van der Waals surface area contributed by atoms with Crippen molar-refractivity contribution in [1.29, 1.82) is 0 Å². The van der Waals surface area contributed by atoms with Gasteiger partial charge in [0.1, 0.15) is 5.52 Å². The number of anilines is 1. The predicted octanol–water partition coefficient (Wildman–Crippen LogP) is 2.91. The lowest BCUT2D eigenvalue weighted by Crippen LogP contribution is -2.40. The number of hydrogen-bond acceptors (Lipinski definition) is 5. The molecule has 2 aromatic rings. The van der Waals surface area contributed by atoms with Gasteiger partial charge in [-0.3, -0.25) is 4.79 Å². The second-order valence-corrected chi connectivity index (χ2v) is 7.69. The molecule has 1 amide bonds. The number of benzene rings is 1. The second kappa shape index (κ2) is 7.84. The van der Waals surface area contributed by atoms with E-state index in [2.05, 4.69) is 15.2 Å². The molecule has 0 spiro atoms. The summed E-state index contributed by atoms with van der Waals surface area (Å²) in [7, 11) is 0. The summed E-state index contributed by atoms with van der Waals surface area (Å²) in [5.74, 6) is 0.635. The average Bonchev–Trinajstić information content (AvgIpc) is 2.87. The maximum atomic E-state index is 12.7. The van der Waals surface area contributed by atoms with Gasteiger partial charge < -0.3 is 19.5 Å². The van der Waals surface area contributed by atoms with Crippen LogP contribution in [-0.2, 0) is 4.79 Å². The van der Waals surface area contributed by atoms with E-state index in [0.717, 1.165) is 64.0 Å². The van der Waals surface area contributed by atoms with E-state index in [9.17, 15) is 4.79 Å². The quantitative estimate of drug-likeness (QED) is 0.892. The maximum absolute atomic E-state index is 12.7. The topological polar surface area (TPSA) is 61.6 Å². The molecule has 2 aliphatic heterocycles. The van der Waals surface area contributed by atoms with E-state index in [4.69, 9.17) is 16.0 Å². The molecule has 0 radical (unpaired) electrons. The first kappa shape index (κ1) is 17.6. The first-order chi connectivity index (χ1) is 12.7. The minimum Gasteiger partial charge on any atom is -0.423 e. The van der Waals surface area contributed by atoms with Crippen LogP contribution in [0.1, 0.15) is 25.7 Å². The van der Waals surface area contributed by atoms with Crippen molar-refractivity contribution in [3.63, 3.8) is 0 Å². The highest BCUT2D eigenvalue weighted by molar-refractivity contribution is 6.31. The van der Waals surface area contributed by atoms with Gasteiger partial charge in [0.2, 0.25) is 5.91 Å². The molecule has 4 rings (SSSR count). The summed E-state index contributed by atoms with van der Waals surface area (Å²) < 4.78 is 5.90. The van der Waals surface area contributed by atoms with E-state index < -0.39 is 0 Å². The number of carbonyl (C=O) groups excluding carboxylic acids is 1. The van der Waals surface area contributed by atoms with Gasteiger partial charge in [-0.2, -0.15) is 4.98 Å². The van der Waals surface area contributed by atoms with Crippen molar-refractivity contribution in [1.82, 2.24) is 15.2 Å². The highest BCUT2D eigenvalue weighted by Gasteiger charge is 2.27. The van der Waals surface area contributed by atoms with E-state index in [-0.39, 0.29) is 5.91 Å². The van der Waals surface area contributed by atoms with Crippen LogP contribution in [0.4, 0.5) is 6.01 Å². The van der Waals surface area contributed by atoms with E-state index in [0.29, 0.717) is 29.0 Å². The lowest BCUT2D eigenvalue weighted by atomic mass is 9.94. The number of rotatable bonds is 3. The van der Waals surface area contributed by atoms with Gasteiger partial charge in [-0.15, -0.1) is 0 Å². The molecule has 26 heavy (non-hydrogen) atoms. The van der Waals surface area contributed by atoms with Gasteiger partial charge >= 0.3 is 0 Å². The number of fused-ring (bicyclic) bond motifs is 1. The summed E-state index contributed by atoms with van der Waals surface area (Å²) in [5.41, 5.74) is 1.53. The molecule has 140 valence electrons. The van der Waals surface area contributed by atoms with E-state index >= 15 is 0 Å². The third kappa shape index (κ3) is 3.96. The van der Waals surface area contributed by atoms with Crippen molar-refractivity contribution in [2.45, 2.75) is 25.7 Å². The fraction of sp³-hybridized carbons (Fsp3) is 0.579. The number of aromatic nitrogens is 1. The van der Waals surface area contributed by atoms with Crippen molar-refractivity contribution in [3.8, 4) is 0 Å². The molecular weight excluding hydrogens is 352 g/mol. The van der Waals surface area contributed by atoms with Gasteiger partial charge in [-0.1, -0.05) is 11.6 Å². The Morgan fingerprint density at radius 3 is 3.12 bits per heavy atom. The first-order valence-electron chi connectivity index (χ1n) is 9.48. The molecule has 3 heterocycles. The second-order valence-electron chi connectivity index (χ2n) is 7.25. The number of halogens is 1. The summed E-state index contributed by atoms with van der Waals surface area (Å²) in [4.78, 5) is 21.4. The van der Waals surface area contributed by atoms with Gasteiger partial charge in [0.25, 0.3) is 6.01 Å². The Morgan fingerprint density at radius 2 is 2.19 bits per heavy atom. The maximum Gasteiger partial charge on any atom is 0.298 e. The van der Waals surface area contributed by atoms with Crippen LogP contribution < -0.4 is 10.2 Å². The fourth-order valence-electron chi connectivity index (χ4n) is 3.90. The normalized spacial score (nSPS) is 21.8. The van der Waals surface area contributed by atoms with Crippen molar-refractivity contribution < 1.29 is 9.21 Å². The van der Waals surface area contributed by atoms with Crippen molar-refractivity contribution >= 4 is 34.6 Å². The molecule has 2 saturated heterocycles. The third-order valence-corrected chi connectivity index (χ3v) is 5.52. The van der Waals surface area contributed by atoms with Crippen LogP contribution in [0.3, 0.4) is 0 Å². The predicted molar refractivity (Wildman–Crippen MR) is 103 cm³/mol. The molecule has 2 aliphatic rings. The number of nitrogens with zero attached hydrogens (tertiary/aromatic N) is 3. The Morgan fingerprint density at radius 1 is 1.27 bits per heavy atom. The number of carbonyl (C=O) groups is 1. The van der Waals surface area contributed by atoms with Crippen LogP contribution in [0, 0.1) is 5.92 Å². The lowest BCUT2D eigenvalue weighted by molar-refractivity contribution is -0.132. The summed E-state index contributed by atoms with van der Waals surface area (Å²) in [6.45, 7) is 5.32. The summed E-state index contributed by atoms with van der Waals surface area (Å²) >= 11 is 6.03. The Kier molecular flexibility index (Phi) is 5.31. The summed E-state index contributed by atoms with van der Waals surface area (Å²) in [5, 5.41) is 4.00. The molecule has 0 aliphatic carbocycles. The van der Waals surface area contributed by atoms with Crippen LogP contribution in [-0.4, -0.2) is 55.1 Å². The molecule has 0 bridgehead atoms. The van der Waals surface area contributed by atoms with Crippen LogP contribution in [0.15, 0.2) is 22.6 Å². The van der Waals surface area contributed by atoms with E-state index in [1.807, 2.05) is 17.0 Å². The fourth-order valence-corrected chi connectivity index (χ4v) is 4.06. The van der Waals surface area contributed by atoms with Crippen LogP contribution in [0.2, 0.25) is 5.02 Å². The van der Waals surface area contributed by atoms with Crippen molar-refractivity contribution in [3.05, 3.63) is 23.2 Å². The lowest BCUT2D eigenvalue weighted by Gasteiger charge is -2.32.